The summed E-state index contributed by atoms with van der Waals surface area (Å²) in [6, 6.07) is 6.54. The van der Waals surface area contributed by atoms with Crippen LogP contribution in [-0.2, 0) is 11.2 Å². The molecule has 0 heterocycles. The van der Waals surface area contributed by atoms with E-state index in [0.717, 1.165) is 5.56 Å². The molecule has 0 aliphatic rings. The Morgan fingerprint density at radius 2 is 1.95 bits per heavy atom. The Hall–Kier alpha value is -1.38. The van der Waals surface area contributed by atoms with E-state index in [4.69, 9.17) is 0 Å². The van der Waals surface area contributed by atoms with Gasteiger partial charge in [0.25, 0.3) is 0 Å². The molecule has 0 fully saturated rings. The molecule has 22 heavy (non-hydrogen) atoms. The van der Waals surface area contributed by atoms with Crippen molar-refractivity contribution in [3.8, 4) is 0 Å². The van der Waals surface area contributed by atoms with Crippen LogP contribution in [0.1, 0.15) is 12.0 Å². The summed E-state index contributed by atoms with van der Waals surface area (Å²) in [5.74, 6) is 0.480. The van der Waals surface area contributed by atoms with E-state index in [-0.39, 0.29) is 35.7 Å². The number of carbonyl (C=O) groups excluding carboxylic acids is 1. The fourth-order valence-corrected chi connectivity index (χ4v) is 1.75. The number of hydrogen-bond donors (Lipinski definition) is 2. The molecule has 124 valence electrons. The Bertz CT molecular complexity index is 494. The molecule has 0 unspecified atom stereocenters. The summed E-state index contributed by atoms with van der Waals surface area (Å²) in [6.07, 6.45) is 1.12. The van der Waals surface area contributed by atoms with E-state index >= 15 is 0 Å². The van der Waals surface area contributed by atoms with Crippen LogP contribution in [0, 0.1) is 5.82 Å². The molecule has 0 aromatic heterocycles. The van der Waals surface area contributed by atoms with Crippen molar-refractivity contribution in [3.05, 3.63) is 35.6 Å². The van der Waals surface area contributed by atoms with E-state index in [2.05, 4.69) is 15.6 Å². The zero-order chi connectivity index (χ0) is 15.7. The SMILES string of the molecule is CN=C(NCCC(=O)N(C)C)NCCc1cccc(F)c1.I. The van der Waals surface area contributed by atoms with Crippen molar-refractivity contribution < 1.29 is 9.18 Å². The summed E-state index contributed by atoms with van der Waals surface area (Å²) in [7, 11) is 5.13. The molecule has 0 atom stereocenters. The maximum Gasteiger partial charge on any atom is 0.223 e. The maximum atomic E-state index is 13.0. The van der Waals surface area contributed by atoms with Crippen molar-refractivity contribution in [2.24, 2.45) is 4.99 Å². The lowest BCUT2D eigenvalue weighted by atomic mass is 10.1. The highest BCUT2D eigenvalue weighted by atomic mass is 127. The number of guanidine groups is 1. The molecule has 1 amide bonds. The average Bonchev–Trinajstić information content (AvgIpc) is 2.45. The first-order chi connectivity index (χ1) is 10.0. The lowest BCUT2D eigenvalue weighted by Crippen LogP contribution is -2.40. The van der Waals surface area contributed by atoms with E-state index in [9.17, 15) is 9.18 Å². The Labute approximate surface area is 148 Å². The van der Waals surface area contributed by atoms with Gasteiger partial charge in [-0.3, -0.25) is 9.79 Å². The number of nitrogens with one attached hydrogen (secondary N) is 2. The lowest BCUT2D eigenvalue weighted by molar-refractivity contribution is -0.128. The molecule has 1 aromatic carbocycles. The molecule has 2 N–H and O–H groups in total. The third kappa shape index (κ3) is 8.16. The smallest absolute Gasteiger partial charge is 0.223 e. The number of aliphatic imine (C=N–C) groups is 1. The Balaban J connectivity index is 0.00000441. The highest BCUT2D eigenvalue weighted by Gasteiger charge is 2.04. The van der Waals surface area contributed by atoms with Crippen LogP contribution < -0.4 is 10.6 Å². The molecule has 0 saturated carbocycles. The van der Waals surface area contributed by atoms with Gasteiger partial charge in [0.15, 0.2) is 5.96 Å². The van der Waals surface area contributed by atoms with Crippen LogP contribution >= 0.6 is 24.0 Å². The van der Waals surface area contributed by atoms with Crippen molar-refractivity contribution in [3.63, 3.8) is 0 Å². The van der Waals surface area contributed by atoms with E-state index in [1.807, 2.05) is 6.07 Å². The highest BCUT2D eigenvalue weighted by Crippen LogP contribution is 2.03. The summed E-state index contributed by atoms with van der Waals surface area (Å²) in [4.78, 5) is 17.1. The topological polar surface area (TPSA) is 56.7 Å². The van der Waals surface area contributed by atoms with Gasteiger partial charge in [0.2, 0.25) is 5.91 Å². The molecule has 0 aliphatic carbocycles. The predicted molar refractivity (Wildman–Crippen MR) is 98.2 cm³/mol. The van der Waals surface area contributed by atoms with Crippen LogP contribution in [-0.4, -0.2) is 51.0 Å². The monoisotopic (exact) mass is 422 g/mol. The number of hydrogen-bond acceptors (Lipinski definition) is 2. The van der Waals surface area contributed by atoms with Crippen molar-refractivity contribution in [2.45, 2.75) is 12.8 Å². The van der Waals surface area contributed by atoms with E-state index in [1.165, 1.54) is 12.1 Å². The van der Waals surface area contributed by atoms with Crippen molar-refractivity contribution in [1.29, 1.82) is 0 Å². The van der Waals surface area contributed by atoms with Gasteiger partial charge in [-0.2, -0.15) is 0 Å². The first kappa shape index (κ1) is 20.6. The van der Waals surface area contributed by atoms with Crippen molar-refractivity contribution >= 4 is 35.8 Å². The van der Waals surface area contributed by atoms with Gasteiger partial charge in [-0.15, -0.1) is 24.0 Å². The normalized spacial score (nSPS) is 10.6. The molecular weight excluding hydrogens is 398 g/mol. The largest absolute Gasteiger partial charge is 0.356 e. The first-order valence-electron chi connectivity index (χ1n) is 6.92. The molecule has 0 saturated heterocycles. The molecule has 7 heteroatoms. The van der Waals surface area contributed by atoms with Gasteiger partial charge >= 0.3 is 0 Å². The summed E-state index contributed by atoms with van der Waals surface area (Å²) in [6.45, 7) is 1.17. The second kappa shape index (κ2) is 11.2. The lowest BCUT2D eigenvalue weighted by Gasteiger charge is -2.13. The number of rotatable bonds is 6. The third-order valence-corrected chi connectivity index (χ3v) is 2.95. The number of amides is 1. The van der Waals surface area contributed by atoms with Crippen LogP contribution in [0.3, 0.4) is 0 Å². The predicted octanol–water partition coefficient (Wildman–Crippen LogP) is 1.63. The van der Waals surface area contributed by atoms with Crippen LogP contribution in [0.15, 0.2) is 29.3 Å². The number of halogens is 2. The highest BCUT2D eigenvalue weighted by molar-refractivity contribution is 14.0. The van der Waals surface area contributed by atoms with Gasteiger partial charge < -0.3 is 15.5 Å². The molecule has 0 radical (unpaired) electrons. The van der Waals surface area contributed by atoms with Crippen molar-refractivity contribution in [1.82, 2.24) is 15.5 Å². The molecule has 0 spiro atoms. The second-order valence-electron chi connectivity index (χ2n) is 4.84. The van der Waals surface area contributed by atoms with Gasteiger partial charge in [-0.1, -0.05) is 12.1 Å². The quantitative estimate of drug-likeness (QED) is 0.417. The number of carbonyl (C=O) groups is 1. The van der Waals surface area contributed by atoms with E-state index in [0.29, 0.717) is 31.9 Å². The molecule has 0 aliphatic heterocycles. The summed E-state index contributed by atoms with van der Waals surface area (Å²) < 4.78 is 13.0. The van der Waals surface area contributed by atoms with Gasteiger partial charge in [-0.05, 0) is 24.1 Å². The van der Waals surface area contributed by atoms with Crippen LogP contribution in [0.4, 0.5) is 4.39 Å². The second-order valence-corrected chi connectivity index (χ2v) is 4.84. The van der Waals surface area contributed by atoms with Gasteiger partial charge in [0, 0.05) is 40.7 Å². The zero-order valence-corrected chi connectivity index (χ0v) is 15.6. The molecule has 1 aromatic rings. The molecule has 1 rings (SSSR count). The fraction of sp³-hybridized carbons (Fsp3) is 0.467. The van der Waals surface area contributed by atoms with Gasteiger partial charge in [0.1, 0.15) is 5.82 Å². The van der Waals surface area contributed by atoms with Gasteiger partial charge in [-0.25, -0.2) is 4.39 Å². The number of benzene rings is 1. The van der Waals surface area contributed by atoms with E-state index in [1.54, 1.807) is 32.1 Å². The fourth-order valence-electron chi connectivity index (χ4n) is 1.75. The Morgan fingerprint density at radius 1 is 1.27 bits per heavy atom. The first-order valence-corrected chi connectivity index (χ1v) is 6.92. The van der Waals surface area contributed by atoms with E-state index < -0.39 is 0 Å². The average molecular weight is 422 g/mol. The Morgan fingerprint density at radius 3 is 2.55 bits per heavy atom. The molecular formula is C15H24FIN4O. The van der Waals surface area contributed by atoms with Crippen molar-refractivity contribution in [2.75, 3.05) is 34.2 Å². The number of nitrogens with zero attached hydrogens (tertiary/aromatic N) is 2. The minimum absolute atomic E-state index is 0. The summed E-state index contributed by atoms with van der Waals surface area (Å²) in [5, 5.41) is 6.20. The molecule has 0 bridgehead atoms. The minimum Gasteiger partial charge on any atom is -0.356 e. The maximum absolute atomic E-state index is 13.0. The Kier molecular flexibility index (Phi) is 10.5. The van der Waals surface area contributed by atoms with Crippen LogP contribution in [0.5, 0.6) is 0 Å². The van der Waals surface area contributed by atoms with Crippen LogP contribution in [0.25, 0.3) is 0 Å². The zero-order valence-electron chi connectivity index (χ0n) is 13.2. The standard InChI is InChI=1S/C15H23FN4O.HI/c1-17-15(19-10-8-14(21)20(2)3)18-9-7-12-5-4-6-13(16)11-12;/h4-6,11H,7-10H2,1-3H3,(H2,17,18,19);1H. The third-order valence-electron chi connectivity index (χ3n) is 2.95. The molecule has 5 nitrogen and oxygen atoms in total. The minimum atomic E-state index is -0.225. The van der Waals surface area contributed by atoms with Crippen LogP contribution in [0.2, 0.25) is 0 Å². The summed E-state index contributed by atoms with van der Waals surface area (Å²) in [5.41, 5.74) is 0.931. The summed E-state index contributed by atoms with van der Waals surface area (Å²) >= 11 is 0. The van der Waals surface area contributed by atoms with Gasteiger partial charge in [0.05, 0.1) is 0 Å².